The van der Waals surface area contributed by atoms with E-state index in [0.717, 1.165) is 23.1 Å². The number of carbonyl (C=O) groups excluding carboxylic acids is 2. The molecular weight excluding hydrogens is 432 g/mol. The van der Waals surface area contributed by atoms with Crippen LogP contribution in [0.15, 0.2) is 78.9 Å². The van der Waals surface area contributed by atoms with E-state index in [-0.39, 0.29) is 17.9 Å². The number of nitrogens with one attached hydrogen (secondary N) is 1. The molecule has 0 aromatic heterocycles. The average molecular weight is 471 g/mol. The molecular formula is C31H38N2O2. The number of hydrogen-bond acceptors (Lipinski definition) is 2. The minimum Gasteiger partial charge on any atom is -0.352 e. The molecule has 0 aliphatic rings. The fourth-order valence-corrected chi connectivity index (χ4v) is 4.03. The van der Waals surface area contributed by atoms with Crippen LogP contribution in [0.2, 0.25) is 0 Å². The molecule has 0 aliphatic heterocycles. The number of rotatable bonds is 11. The number of nitrogens with zero attached hydrogens (tertiary/aromatic N) is 1. The van der Waals surface area contributed by atoms with Gasteiger partial charge in [0, 0.05) is 25.4 Å². The Kier molecular flexibility index (Phi) is 9.66. The third-order valence-corrected chi connectivity index (χ3v) is 6.49. The lowest BCUT2D eigenvalue weighted by molar-refractivity contribution is -0.141. The molecule has 0 fully saturated rings. The maximum absolute atomic E-state index is 13.7. The third-order valence-electron chi connectivity index (χ3n) is 6.49. The molecule has 0 unspecified atom stereocenters. The number of hydrogen-bond donors (Lipinski definition) is 1. The SMILES string of the molecule is CC[C@H](C)NC(=O)[C@H](Cc1ccccc1)N(Cc1ccc(C)cc1)C(=O)CCc1ccc(C)cc1. The van der Waals surface area contributed by atoms with Crippen LogP contribution >= 0.6 is 0 Å². The maximum atomic E-state index is 13.7. The molecule has 1 N–H and O–H groups in total. The summed E-state index contributed by atoms with van der Waals surface area (Å²) in [5.41, 5.74) is 5.56. The first-order valence-electron chi connectivity index (χ1n) is 12.6. The standard InChI is InChI=1S/C31H38N2O2/c1-5-25(4)32-31(35)29(21-27-9-7-6-8-10-27)33(22-28-17-13-24(3)14-18-28)30(34)20-19-26-15-11-23(2)12-16-26/h6-18,25,29H,5,19-22H2,1-4H3,(H,32,35)/t25-,29-/m0/s1. The topological polar surface area (TPSA) is 49.4 Å². The molecule has 3 aromatic carbocycles. The zero-order valence-electron chi connectivity index (χ0n) is 21.5. The van der Waals surface area contributed by atoms with Gasteiger partial charge in [-0.05, 0) is 50.3 Å². The van der Waals surface area contributed by atoms with Crippen LogP contribution in [-0.4, -0.2) is 28.8 Å². The summed E-state index contributed by atoms with van der Waals surface area (Å²) in [5, 5.41) is 3.13. The Bertz CT molecular complexity index is 1080. The summed E-state index contributed by atoms with van der Waals surface area (Å²) in [6.07, 6.45) is 2.32. The Labute approximate surface area is 210 Å². The molecule has 3 aromatic rings. The van der Waals surface area contributed by atoms with E-state index in [0.29, 0.717) is 25.8 Å². The molecule has 4 heteroatoms. The first-order chi connectivity index (χ1) is 16.9. The first-order valence-corrected chi connectivity index (χ1v) is 12.6. The molecule has 4 nitrogen and oxygen atoms in total. The predicted octanol–water partition coefficient (Wildman–Crippen LogP) is 5.79. The Balaban J connectivity index is 1.89. The normalized spacial score (nSPS) is 12.6. The van der Waals surface area contributed by atoms with E-state index in [1.54, 1.807) is 4.90 Å². The Morgan fingerprint density at radius 1 is 0.800 bits per heavy atom. The van der Waals surface area contributed by atoms with Gasteiger partial charge in [-0.2, -0.15) is 0 Å². The summed E-state index contributed by atoms with van der Waals surface area (Å²) in [4.78, 5) is 29.0. The molecule has 0 saturated carbocycles. The van der Waals surface area contributed by atoms with Crippen molar-refractivity contribution in [3.8, 4) is 0 Å². The minimum atomic E-state index is -0.585. The van der Waals surface area contributed by atoms with Gasteiger partial charge in [0.25, 0.3) is 0 Å². The van der Waals surface area contributed by atoms with Gasteiger partial charge in [0.05, 0.1) is 0 Å². The highest BCUT2D eigenvalue weighted by Gasteiger charge is 2.30. The van der Waals surface area contributed by atoms with Crippen LogP contribution in [-0.2, 0) is 29.0 Å². The van der Waals surface area contributed by atoms with Crippen molar-refractivity contribution < 1.29 is 9.59 Å². The van der Waals surface area contributed by atoms with Gasteiger partial charge in [0.2, 0.25) is 11.8 Å². The van der Waals surface area contributed by atoms with E-state index >= 15 is 0 Å². The van der Waals surface area contributed by atoms with Crippen LogP contribution in [0.25, 0.3) is 0 Å². The van der Waals surface area contributed by atoms with Crippen molar-refractivity contribution >= 4 is 11.8 Å². The van der Waals surface area contributed by atoms with Crippen molar-refractivity contribution in [2.24, 2.45) is 0 Å². The summed E-state index contributed by atoms with van der Waals surface area (Å²) in [7, 11) is 0. The predicted molar refractivity (Wildman–Crippen MR) is 143 cm³/mol. The van der Waals surface area contributed by atoms with Crippen LogP contribution in [0, 0.1) is 13.8 Å². The lowest BCUT2D eigenvalue weighted by Gasteiger charge is -2.32. The van der Waals surface area contributed by atoms with E-state index in [1.165, 1.54) is 11.1 Å². The van der Waals surface area contributed by atoms with E-state index in [2.05, 4.69) is 48.6 Å². The summed E-state index contributed by atoms with van der Waals surface area (Å²) in [5.74, 6) is -0.106. The number of aryl methyl sites for hydroxylation is 3. The van der Waals surface area contributed by atoms with Crippen molar-refractivity contribution in [1.29, 1.82) is 0 Å². The summed E-state index contributed by atoms with van der Waals surface area (Å²) in [6.45, 7) is 8.56. The number of benzene rings is 3. The molecule has 3 rings (SSSR count). The van der Waals surface area contributed by atoms with Gasteiger partial charge in [0.1, 0.15) is 6.04 Å². The van der Waals surface area contributed by atoms with Crippen molar-refractivity contribution in [3.63, 3.8) is 0 Å². The molecule has 0 spiro atoms. The zero-order valence-corrected chi connectivity index (χ0v) is 21.5. The van der Waals surface area contributed by atoms with Crippen LogP contribution in [0.4, 0.5) is 0 Å². The summed E-state index contributed by atoms with van der Waals surface area (Å²) in [6, 6.07) is 25.9. The fraction of sp³-hybridized carbons (Fsp3) is 0.355. The highest BCUT2D eigenvalue weighted by molar-refractivity contribution is 5.88. The van der Waals surface area contributed by atoms with Gasteiger partial charge in [-0.25, -0.2) is 0 Å². The molecule has 0 aliphatic carbocycles. The molecule has 0 heterocycles. The van der Waals surface area contributed by atoms with Crippen LogP contribution in [0.3, 0.4) is 0 Å². The Morgan fingerprint density at radius 3 is 1.94 bits per heavy atom. The quantitative estimate of drug-likeness (QED) is 0.386. The smallest absolute Gasteiger partial charge is 0.243 e. The van der Waals surface area contributed by atoms with E-state index in [9.17, 15) is 9.59 Å². The summed E-state index contributed by atoms with van der Waals surface area (Å²) < 4.78 is 0. The van der Waals surface area contributed by atoms with Gasteiger partial charge in [0.15, 0.2) is 0 Å². The van der Waals surface area contributed by atoms with Crippen LogP contribution in [0.5, 0.6) is 0 Å². The number of carbonyl (C=O) groups is 2. The lowest BCUT2D eigenvalue weighted by Crippen LogP contribution is -2.52. The minimum absolute atomic E-state index is 0.00798. The van der Waals surface area contributed by atoms with Crippen molar-refractivity contribution in [2.45, 2.75) is 72.0 Å². The molecule has 0 saturated heterocycles. The van der Waals surface area contributed by atoms with Crippen molar-refractivity contribution in [2.75, 3.05) is 0 Å². The molecule has 184 valence electrons. The van der Waals surface area contributed by atoms with Crippen LogP contribution < -0.4 is 5.32 Å². The highest BCUT2D eigenvalue weighted by Crippen LogP contribution is 2.18. The largest absolute Gasteiger partial charge is 0.352 e. The second-order valence-corrected chi connectivity index (χ2v) is 9.52. The van der Waals surface area contributed by atoms with Gasteiger partial charge in [-0.3, -0.25) is 9.59 Å². The second-order valence-electron chi connectivity index (χ2n) is 9.52. The lowest BCUT2D eigenvalue weighted by atomic mass is 10.0. The van der Waals surface area contributed by atoms with Gasteiger partial charge >= 0.3 is 0 Å². The fourth-order valence-electron chi connectivity index (χ4n) is 4.03. The van der Waals surface area contributed by atoms with E-state index in [1.807, 2.05) is 63.2 Å². The Morgan fingerprint density at radius 2 is 1.37 bits per heavy atom. The van der Waals surface area contributed by atoms with E-state index < -0.39 is 6.04 Å². The molecule has 2 amide bonds. The maximum Gasteiger partial charge on any atom is 0.243 e. The monoisotopic (exact) mass is 470 g/mol. The van der Waals surface area contributed by atoms with Crippen molar-refractivity contribution in [1.82, 2.24) is 10.2 Å². The molecule has 2 atom stereocenters. The van der Waals surface area contributed by atoms with Gasteiger partial charge in [-0.1, -0.05) is 96.9 Å². The average Bonchev–Trinajstić information content (AvgIpc) is 2.87. The summed E-state index contributed by atoms with van der Waals surface area (Å²) >= 11 is 0. The number of amides is 2. The molecule has 0 bridgehead atoms. The second kappa shape index (κ2) is 12.9. The van der Waals surface area contributed by atoms with E-state index in [4.69, 9.17) is 0 Å². The van der Waals surface area contributed by atoms with Gasteiger partial charge < -0.3 is 10.2 Å². The molecule has 0 radical (unpaired) electrons. The third kappa shape index (κ3) is 8.10. The molecule has 35 heavy (non-hydrogen) atoms. The van der Waals surface area contributed by atoms with Crippen molar-refractivity contribution in [3.05, 3.63) is 107 Å². The Hall–Kier alpha value is -3.40. The first kappa shape index (κ1) is 26.2. The van der Waals surface area contributed by atoms with Crippen LogP contribution in [0.1, 0.15) is 54.5 Å². The van der Waals surface area contributed by atoms with Gasteiger partial charge in [-0.15, -0.1) is 0 Å². The zero-order chi connectivity index (χ0) is 25.2. The highest BCUT2D eigenvalue weighted by atomic mass is 16.2.